The topological polar surface area (TPSA) is 32.8 Å². The van der Waals surface area contributed by atoms with E-state index in [4.69, 9.17) is 4.74 Å². The van der Waals surface area contributed by atoms with Crippen molar-refractivity contribution in [2.75, 3.05) is 18.7 Å². The van der Waals surface area contributed by atoms with E-state index >= 15 is 0 Å². The van der Waals surface area contributed by atoms with Crippen molar-refractivity contribution < 1.29 is 9.53 Å². The molecular weight excluding hydrogens is 392 g/mol. The smallest absolute Gasteiger partial charge is 0.260 e. The SMILES string of the molecule is COc1ccc(CN2Cc3c(sc4c3CCCC4)N(C(=O)c3ccccc3)C2)cc1. The Morgan fingerprint density at radius 3 is 2.53 bits per heavy atom. The predicted octanol–water partition coefficient (Wildman–Crippen LogP) is 5.26. The monoisotopic (exact) mass is 418 g/mol. The Morgan fingerprint density at radius 1 is 1.00 bits per heavy atom. The zero-order valence-electron chi connectivity index (χ0n) is 17.3. The van der Waals surface area contributed by atoms with E-state index in [2.05, 4.69) is 17.0 Å². The van der Waals surface area contributed by atoms with Gasteiger partial charge in [0.05, 0.1) is 13.8 Å². The van der Waals surface area contributed by atoms with Gasteiger partial charge in [0.1, 0.15) is 10.8 Å². The molecule has 0 bridgehead atoms. The molecule has 1 aliphatic heterocycles. The Balaban J connectivity index is 1.48. The highest BCUT2D eigenvalue weighted by Gasteiger charge is 2.33. The van der Waals surface area contributed by atoms with Crippen LogP contribution < -0.4 is 9.64 Å². The van der Waals surface area contributed by atoms with E-state index in [9.17, 15) is 4.79 Å². The van der Waals surface area contributed by atoms with E-state index in [1.807, 2.05) is 58.7 Å². The zero-order valence-corrected chi connectivity index (χ0v) is 18.1. The first-order valence-corrected chi connectivity index (χ1v) is 11.4. The number of benzene rings is 2. The zero-order chi connectivity index (χ0) is 20.5. The molecule has 0 fully saturated rings. The average Bonchev–Trinajstić information content (AvgIpc) is 3.18. The summed E-state index contributed by atoms with van der Waals surface area (Å²) in [4.78, 5) is 19.3. The van der Waals surface area contributed by atoms with Crippen molar-refractivity contribution in [1.82, 2.24) is 4.90 Å². The molecule has 0 N–H and O–H groups in total. The van der Waals surface area contributed by atoms with Crippen LogP contribution in [-0.4, -0.2) is 24.6 Å². The highest BCUT2D eigenvalue weighted by Crippen LogP contribution is 2.43. The highest BCUT2D eigenvalue weighted by molar-refractivity contribution is 7.16. The Bertz CT molecular complexity index is 1040. The number of rotatable bonds is 4. The first kappa shape index (κ1) is 19.3. The van der Waals surface area contributed by atoms with Crippen LogP contribution in [0, 0.1) is 0 Å². The fourth-order valence-electron chi connectivity index (χ4n) is 4.52. The molecule has 0 atom stereocenters. The van der Waals surface area contributed by atoms with E-state index < -0.39 is 0 Å². The summed E-state index contributed by atoms with van der Waals surface area (Å²) in [6, 6.07) is 17.9. The van der Waals surface area contributed by atoms with Gasteiger partial charge >= 0.3 is 0 Å². The predicted molar refractivity (Wildman–Crippen MR) is 121 cm³/mol. The number of fused-ring (bicyclic) bond motifs is 3. The molecule has 30 heavy (non-hydrogen) atoms. The van der Waals surface area contributed by atoms with Gasteiger partial charge in [-0.05, 0) is 61.1 Å². The van der Waals surface area contributed by atoms with E-state index in [-0.39, 0.29) is 5.91 Å². The van der Waals surface area contributed by atoms with E-state index in [1.165, 1.54) is 39.4 Å². The number of amides is 1. The van der Waals surface area contributed by atoms with Gasteiger partial charge in [-0.2, -0.15) is 0 Å². The lowest BCUT2D eigenvalue weighted by molar-refractivity contribution is 0.0957. The van der Waals surface area contributed by atoms with Crippen LogP contribution in [-0.2, 0) is 25.9 Å². The fraction of sp³-hybridized carbons (Fsp3) is 0.320. The van der Waals surface area contributed by atoms with Crippen LogP contribution in [0.5, 0.6) is 5.75 Å². The van der Waals surface area contributed by atoms with Gasteiger partial charge in [-0.15, -0.1) is 11.3 Å². The summed E-state index contributed by atoms with van der Waals surface area (Å²) < 4.78 is 5.29. The van der Waals surface area contributed by atoms with Crippen LogP contribution in [0.15, 0.2) is 54.6 Å². The molecule has 0 saturated heterocycles. The van der Waals surface area contributed by atoms with Crippen molar-refractivity contribution in [2.45, 2.75) is 38.8 Å². The van der Waals surface area contributed by atoms with Gasteiger partial charge in [-0.3, -0.25) is 14.6 Å². The van der Waals surface area contributed by atoms with Crippen molar-refractivity contribution in [3.05, 3.63) is 81.7 Å². The van der Waals surface area contributed by atoms with Gasteiger partial charge in [0.2, 0.25) is 0 Å². The maximum absolute atomic E-state index is 13.4. The minimum absolute atomic E-state index is 0.0925. The van der Waals surface area contributed by atoms with Crippen LogP contribution in [0.2, 0.25) is 0 Å². The first-order chi connectivity index (χ1) is 14.7. The summed E-state index contributed by atoms with van der Waals surface area (Å²) in [5.74, 6) is 0.961. The van der Waals surface area contributed by atoms with Crippen molar-refractivity contribution in [3.8, 4) is 5.75 Å². The van der Waals surface area contributed by atoms with Crippen LogP contribution in [0.25, 0.3) is 0 Å². The third kappa shape index (κ3) is 3.64. The van der Waals surface area contributed by atoms with Gasteiger partial charge in [-0.1, -0.05) is 30.3 Å². The van der Waals surface area contributed by atoms with E-state index in [1.54, 1.807) is 7.11 Å². The third-order valence-electron chi connectivity index (χ3n) is 6.06. The summed E-state index contributed by atoms with van der Waals surface area (Å²) in [6.45, 7) is 2.34. The van der Waals surface area contributed by atoms with Crippen LogP contribution in [0.3, 0.4) is 0 Å². The second-order valence-corrected chi connectivity index (χ2v) is 9.15. The number of nitrogens with zero attached hydrogens (tertiary/aromatic N) is 2. The van der Waals surface area contributed by atoms with Crippen LogP contribution in [0.1, 0.15) is 44.8 Å². The summed E-state index contributed by atoms with van der Waals surface area (Å²) in [5.41, 5.74) is 4.86. The molecule has 2 aliphatic rings. The van der Waals surface area contributed by atoms with Crippen molar-refractivity contribution >= 4 is 22.2 Å². The molecule has 0 radical (unpaired) electrons. The molecule has 154 valence electrons. The van der Waals surface area contributed by atoms with Gasteiger partial charge in [0, 0.05) is 29.1 Å². The minimum Gasteiger partial charge on any atom is -0.497 e. The second kappa shape index (κ2) is 8.25. The van der Waals surface area contributed by atoms with Gasteiger partial charge in [0.15, 0.2) is 0 Å². The molecule has 4 nitrogen and oxygen atoms in total. The van der Waals surface area contributed by atoms with E-state index in [0.29, 0.717) is 6.67 Å². The number of ether oxygens (including phenoxy) is 1. The summed E-state index contributed by atoms with van der Waals surface area (Å²) in [7, 11) is 1.69. The summed E-state index contributed by atoms with van der Waals surface area (Å²) in [6.07, 6.45) is 4.81. The lowest BCUT2D eigenvalue weighted by atomic mass is 9.94. The molecule has 0 saturated carbocycles. The number of aryl methyl sites for hydroxylation is 1. The molecule has 2 aromatic carbocycles. The normalized spacial score (nSPS) is 16.1. The number of thiophene rings is 1. The molecule has 1 aliphatic carbocycles. The number of methoxy groups -OCH3 is 1. The van der Waals surface area contributed by atoms with E-state index in [0.717, 1.165) is 37.2 Å². The molecule has 5 heteroatoms. The number of hydrogen-bond acceptors (Lipinski definition) is 4. The Labute approximate surface area is 181 Å². The third-order valence-corrected chi connectivity index (χ3v) is 7.42. The van der Waals surface area contributed by atoms with Crippen molar-refractivity contribution in [3.63, 3.8) is 0 Å². The molecule has 1 aromatic heterocycles. The highest BCUT2D eigenvalue weighted by atomic mass is 32.1. The molecule has 3 aromatic rings. The van der Waals surface area contributed by atoms with Gasteiger partial charge < -0.3 is 4.74 Å². The number of carbonyl (C=O) groups is 1. The number of hydrogen-bond donors (Lipinski definition) is 0. The van der Waals surface area contributed by atoms with Crippen LogP contribution >= 0.6 is 11.3 Å². The summed E-state index contributed by atoms with van der Waals surface area (Å²) >= 11 is 1.84. The maximum atomic E-state index is 13.4. The average molecular weight is 419 g/mol. The Hall–Kier alpha value is -2.63. The maximum Gasteiger partial charge on any atom is 0.260 e. The fourth-order valence-corrected chi connectivity index (χ4v) is 5.91. The minimum atomic E-state index is 0.0925. The lowest BCUT2D eigenvalue weighted by Crippen LogP contribution is -2.44. The number of carbonyl (C=O) groups excluding carboxylic acids is 1. The Kier molecular flexibility index (Phi) is 5.32. The molecule has 5 rings (SSSR count). The first-order valence-electron chi connectivity index (χ1n) is 10.6. The largest absolute Gasteiger partial charge is 0.497 e. The van der Waals surface area contributed by atoms with Crippen LogP contribution in [0.4, 0.5) is 5.00 Å². The molecular formula is C25H26N2O2S. The van der Waals surface area contributed by atoms with Gasteiger partial charge in [-0.25, -0.2) is 0 Å². The molecule has 0 spiro atoms. The molecule has 2 heterocycles. The van der Waals surface area contributed by atoms with Crippen molar-refractivity contribution in [1.29, 1.82) is 0 Å². The summed E-state index contributed by atoms with van der Waals surface area (Å²) in [5, 5.41) is 1.17. The molecule has 1 amide bonds. The van der Waals surface area contributed by atoms with Gasteiger partial charge in [0.25, 0.3) is 5.91 Å². The lowest BCUT2D eigenvalue weighted by Gasteiger charge is -2.36. The standard InChI is InChI=1S/C25H26N2O2S/c1-29-20-13-11-18(12-14-20)15-26-16-22-21-9-5-6-10-23(21)30-25(22)27(17-26)24(28)19-7-3-2-4-8-19/h2-4,7-8,11-14H,5-6,9-10,15-17H2,1H3. The second-order valence-electron chi connectivity index (χ2n) is 8.07. The molecule has 0 unspecified atom stereocenters. The van der Waals surface area contributed by atoms with Crippen molar-refractivity contribution in [2.24, 2.45) is 0 Å². The number of anilines is 1. The quantitative estimate of drug-likeness (QED) is 0.580. The Morgan fingerprint density at radius 2 is 1.77 bits per heavy atom.